The van der Waals surface area contributed by atoms with Gasteiger partial charge in [-0.15, -0.1) is 0 Å². The van der Waals surface area contributed by atoms with Gasteiger partial charge in [-0.1, -0.05) is 56.4 Å². The van der Waals surface area contributed by atoms with Crippen molar-refractivity contribution in [2.45, 2.75) is 96.5 Å². The smallest absolute Gasteiger partial charge is 0.176 e. The Labute approximate surface area is 207 Å². The van der Waals surface area contributed by atoms with E-state index in [9.17, 15) is 18.6 Å². The third kappa shape index (κ3) is 5.68. The van der Waals surface area contributed by atoms with E-state index in [1.807, 2.05) is 6.08 Å². The number of aliphatic hydroxyl groups is 2. The van der Waals surface area contributed by atoms with Crippen LogP contribution in [0.2, 0.25) is 0 Å². The number of hydrogen-bond donors (Lipinski definition) is 2. The second kappa shape index (κ2) is 10.3. The van der Waals surface area contributed by atoms with Crippen LogP contribution >= 0.6 is 0 Å². The van der Waals surface area contributed by atoms with Gasteiger partial charge in [0.05, 0.1) is 17.0 Å². The number of sulfone groups is 1. The first-order valence-electron chi connectivity index (χ1n) is 12.8. The van der Waals surface area contributed by atoms with Crippen molar-refractivity contribution < 1.29 is 18.6 Å². The van der Waals surface area contributed by atoms with Gasteiger partial charge in [-0.2, -0.15) is 0 Å². The van der Waals surface area contributed by atoms with E-state index in [2.05, 4.69) is 38.7 Å². The molecule has 0 aliphatic heterocycles. The zero-order chi connectivity index (χ0) is 25.3. The Balaban J connectivity index is 1.73. The molecule has 0 amide bonds. The third-order valence-electron chi connectivity index (χ3n) is 8.57. The molecule has 0 aromatic rings. The van der Waals surface area contributed by atoms with Gasteiger partial charge < -0.3 is 10.2 Å². The lowest BCUT2D eigenvalue weighted by Crippen LogP contribution is -2.35. The minimum absolute atomic E-state index is 0.232. The monoisotopic (exact) mass is 488 g/mol. The first-order chi connectivity index (χ1) is 15.8. The molecule has 3 aliphatic rings. The third-order valence-corrected chi connectivity index (χ3v) is 10.8. The van der Waals surface area contributed by atoms with Gasteiger partial charge in [0, 0.05) is 11.8 Å². The fourth-order valence-electron chi connectivity index (χ4n) is 6.33. The van der Waals surface area contributed by atoms with E-state index in [1.54, 1.807) is 26.8 Å². The molecule has 3 fully saturated rings. The van der Waals surface area contributed by atoms with E-state index in [-0.39, 0.29) is 5.41 Å². The van der Waals surface area contributed by atoms with Gasteiger partial charge in [-0.3, -0.25) is 0 Å². The number of hydrogen-bond acceptors (Lipinski definition) is 4. The molecule has 0 aromatic heterocycles. The molecule has 2 N–H and O–H groups in total. The quantitative estimate of drug-likeness (QED) is 0.462. The van der Waals surface area contributed by atoms with Gasteiger partial charge in [0.25, 0.3) is 0 Å². The summed E-state index contributed by atoms with van der Waals surface area (Å²) in [6.07, 6.45) is 15.7. The highest BCUT2D eigenvalue weighted by Crippen LogP contribution is 2.59. The molecule has 3 saturated carbocycles. The maximum absolute atomic E-state index is 12.3. The highest BCUT2D eigenvalue weighted by atomic mass is 32.2. The van der Waals surface area contributed by atoms with Crippen molar-refractivity contribution in [2.24, 2.45) is 23.2 Å². The van der Waals surface area contributed by atoms with E-state index in [4.69, 9.17) is 0 Å². The zero-order valence-electron chi connectivity index (χ0n) is 21.6. The Morgan fingerprint density at radius 3 is 2.53 bits per heavy atom. The predicted octanol–water partition coefficient (Wildman–Crippen LogP) is 6.05. The zero-order valence-corrected chi connectivity index (χ0v) is 22.4. The molecule has 0 unspecified atom stereocenters. The van der Waals surface area contributed by atoms with Crippen LogP contribution in [0.25, 0.3) is 0 Å². The maximum Gasteiger partial charge on any atom is 0.176 e. The van der Waals surface area contributed by atoms with Crippen molar-refractivity contribution in [1.82, 2.24) is 0 Å². The SMILES string of the molecule is C=C1/C(=C\C=C2/CCC[C@]3(C)[C@@H]([C@H](C)/C=C/C=C/S(=O)(=O)C(C)(C)C)CC[C@@H]23)C[C@H](O)C[C@H]1O. The lowest BCUT2D eigenvalue weighted by Gasteiger charge is -2.44. The van der Waals surface area contributed by atoms with Crippen LogP contribution < -0.4 is 0 Å². The molecule has 0 heterocycles. The van der Waals surface area contributed by atoms with Gasteiger partial charge >= 0.3 is 0 Å². The summed E-state index contributed by atoms with van der Waals surface area (Å²) in [5.41, 5.74) is 3.42. The van der Waals surface area contributed by atoms with Crippen molar-refractivity contribution in [1.29, 1.82) is 0 Å². The molecule has 0 radical (unpaired) electrons. The van der Waals surface area contributed by atoms with Gasteiger partial charge in [0.1, 0.15) is 0 Å². The lowest BCUT2D eigenvalue weighted by molar-refractivity contribution is 0.0862. The largest absolute Gasteiger partial charge is 0.393 e. The van der Waals surface area contributed by atoms with E-state index in [0.29, 0.717) is 30.6 Å². The van der Waals surface area contributed by atoms with Crippen molar-refractivity contribution in [3.05, 3.63) is 59.1 Å². The molecule has 0 bridgehead atoms. The van der Waals surface area contributed by atoms with Gasteiger partial charge in [-0.25, -0.2) is 8.42 Å². The summed E-state index contributed by atoms with van der Waals surface area (Å²) in [7, 11) is -3.26. The molecule has 6 atom stereocenters. The van der Waals surface area contributed by atoms with E-state index in [0.717, 1.165) is 17.6 Å². The van der Waals surface area contributed by atoms with E-state index < -0.39 is 26.8 Å². The summed E-state index contributed by atoms with van der Waals surface area (Å²) in [6.45, 7) is 13.9. The number of allylic oxidation sites excluding steroid dienone is 6. The molecule has 3 rings (SSSR count). The summed E-state index contributed by atoms with van der Waals surface area (Å²) in [5, 5.41) is 21.5. The minimum atomic E-state index is -3.26. The van der Waals surface area contributed by atoms with E-state index >= 15 is 0 Å². The molecule has 190 valence electrons. The van der Waals surface area contributed by atoms with Gasteiger partial charge in [-0.05, 0) is 93.6 Å². The highest BCUT2D eigenvalue weighted by Gasteiger charge is 2.50. The van der Waals surface area contributed by atoms with Gasteiger partial charge in [0.2, 0.25) is 0 Å². The Morgan fingerprint density at radius 1 is 1.15 bits per heavy atom. The van der Waals surface area contributed by atoms with Gasteiger partial charge in [0.15, 0.2) is 9.84 Å². The van der Waals surface area contributed by atoms with E-state index in [1.165, 1.54) is 36.7 Å². The van der Waals surface area contributed by atoms with Crippen LogP contribution in [0.4, 0.5) is 0 Å². The van der Waals surface area contributed by atoms with Crippen LogP contribution in [0.5, 0.6) is 0 Å². The predicted molar refractivity (Wildman–Crippen MR) is 141 cm³/mol. The summed E-state index contributed by atoms with van der Waals surface area (Å²) < 4.78 is 23.8. The number of rotatable bonds is 5. The number of aliphatic hydroxyl groups excluding tert-OH is 2. The van der Waals surface area contributed by atoms with Crippen LogP contribution in [-0.4, -0.2) is 35.6 Å². The molecule has 5 heteroatoms. The molecule has 0 spiro atoms. The summed E-state index contributed by atoms with van der Waals surface area (Å²) in [6, 6.07) is 0. The standard InChI is InChI=1S/C29H44O4S/c1-20(10-7-8-17-34(32,33)28(3,4)5)25-14-15-26-22(11-9-16-29(25,26)6)12-13-23-18-24(30)19-27(31)21(23)2/h7-8,10,12-13,17,20,24-27,30-31H,2,9,11,14-16,18-19H2,1,3-6H3/b10-7+,17-8+,22-12+,23-13-/t20-,24+,25-,26+,27-,29-/m1/s1. The molecular weight excluding hydrogens is 444 g/mol. The Bertz CT molecular complexity index is 992. The maximum atomic E-state index is 12.3. The van der Waals surface area contributed by atoms with Crippen LogP contribution in [0.15, 0.2) is 59.1 Å². The summed E-state index contributed by atoms with van der Waals surface area (Å²) >= 11 is 0. The highest BCUT2D eigenvalue weighted by molar-refractivity contribution is 7.95. The topological polar surface area (TPSA) is 74.6 Å². The molecule has 3 aliphatic carbocycles. The Hall–Kier alpha value is -1.43. The van der Waals surface area contributed by atoms with Crippen molar-refractivity contribution in [2.75, 3.05) is 0 Å². The van der Waals surface area contributed by atoms with Crippen molar-refractivity contribution >= 4 is 9.84 Å². The average Bonchev–Trinajstić information content (AvgIpc) is 3.09. The van der Waals surface area contributed by atoms with Crippen LogP contribution in [0.1, 0.15) is 79.6 Å². The fraction of sp³-hybridized carbons (Fsp3) is 0.655. The first kappa shape index (κ1) is 27.2. The average molecular weight is 489 g/mol. The Morgan fingerprint density at radius 2 is 1.85 bits per heavy atom. The normalized spacial score (nSPS) is 36.6. The second-order valence-electron chi connectivity index (χ2n) is 11.9. The van der Waals surface area contributed by atoms with Crippen molar-refractivity contribution in [3.8, 4) is 0 Å². The molecule has 0 aromatic carbocycles. The molecule has 34 heavy (non-hydrogen) atoms. The molecular formula is C29H44O4S. The molecule has 0 saturated heterocycles. The van der Waals surface area contributed by atoms with Crippen LogP contribution in [0.3, 0.4) is 0 Å². The first-order valence-corrected chi connectivity index (χ1v) is 14.4. The lowest BCUT2D eigenvalue weighted by atomic mass is 9.61. The minimum Gasteiger partial charge on any atom is -0.393 e. The number of fused-ring (bicyclic) bond motifs is 1. The summed E-state index contributed by atoms with van der Waals surface area (Å²) in [5.74, 6) is 1.48. The molecule has 4 nitrogen and oxygen atoms in total. The Kier molecular flexibility index (Phi) is 8.21. The fourth-order valence-corrected chi connectivity index (χ4v) is 7.04. The van der Waals surface area contributed by atoms with Crippen LogP contribution in [-0.2, 0) is 9.84 Å². The van der Waals surface area contributed by atoms with Crippen LogP contribution in [0, 0.1) is 23.2 Å². The second-order valence-corrected chi connectivity index (χ2v) is 14.5. The van der Waals surface area contributed by atoms with Crippen molar-refractivity contribution in [3.63, 3.8) is 0 Å². The summed E-state index contributed by atoms with van der Waals surface area (Å²) in [4.78, 5) is 0.